The molecule has 3 heterocycles. The Morgan fingerprint density at radius 3 is 2.39 bits per heavy atom. The molecule has 0 radical (unpaired) electrons. The molecule has 1 saturated heterocycles. The van der Waals surface area contributed by atoms with Gasteiger partial charge in [-0.15, -0.1) is 5.10 Å². The number of aromatic nitrogens is 5. The fourth-order valence-corrected chi connectivity index (χ4v) is 6.63. The fraction of sp³-hybridized carbons (Fsp3) is 0.481. The van der Waals surface area contributed by atoms with Crippen LogP contribution in [0.25, 0.3) is 10.2 Å². The first-order chi connectivity index (χ1) is 17.7. The predicted octanol–water partition coefficient (Wildman–Crippen LogP) is 4.77. The van der Waals surface area contributed by atoms with Crippen molar-refractivity contribution >= 4 is 32.4 Å². The Kier molecular flexibility index (Phi) is 6.58. The van der Waals surface area contributed by atoms with E-state index in [4.69, 9.17) is 4.98 Å². The number of para-hydroxylation sites is 1. The average molecular weight is 503 g/mol. The summed E-state index contributed by atoms with van der Waals surface area (Å²) < 4.78 is 3.39. The van der Waals surface area contributed by atoms with Crippen LogP contribution in [-0.4, -0.2) is 70.4 Å². The average Bonchev–Trinajstić information content (AvgIpc) is 3.58. The summed E-state index contributed by atoms with van der Waals surface area (Å²) in [6, 6.07) is 17.8. The van der Waals surface area contributed by atoms with Gasteiger partial charge in [0.25, 0.3) is 0 Å². The van der Waals surface area contributed by atoms with Gasteiger partial charge in [-0.25, -0.2) is 9.67 Å². The van der Waals surface area contributed by atoms with Crippen molar-refractivity contribution in [1.82, 2.24) is 30.1 Å². The van der Waals surface area contributed by atoms with Gasteiger partial charge in [0.15, 0.2) is 11.0 Å². The van der Waals surface area contributed by atoms with Crippen molar-refractivity contribution in [2.24, 2.45) is 0 Å². The third-order valence-electron chi connectivity index (χ3n) is 7.64. The molecule has 1 aliphatic heterocycles. The number of piperazine rings is 1. The highest BCUT2D eigenvalue weighted by atomic mass is 32.1. The van der Waals surface area contributed by atoms with E-state index in [0.717, 1.165) is 55.5 Å². The van der Waals surface area contributed by atoms with Gasteiger partial charge in [0.05, 0.1) is 22.3 Å². The second kappa shape index (κ2) is 10.1. The van der Waals surface area contributed by atoms with Crippen LogP contribution in [0.1, 0.15) is 55.6 Å². The van der Waals surface area contributed by atoms with Crippen molar-refractivity contribution in [3.05, 3.63) is 59.9 Å². The lowest BCUT2D eigenvalue weighted by Crippen LogP contribution is -2.48. The molecule has 1 atom stereocenters. The van der Waals surface area contributed by atoms with E-state index >= 15 is 0 Å². The zero-order valence-corrected chi connectivity index (χ0v) is 21.9. The maximum Gasteiger partial charge on any atom is 0.186 e. The third-order valence-corrected chi connectivity index (χ3v) is 8.74. The minimum Gasteiger partial charge on any atom is -0.378 e. The Morgan fingerprint density at radius 2 is 1.67 bits per heavy atom. The van der Waals surface area contributed by atoms with Crippen LogP contribution in [0.2, 0.25) is 0 Å². The van der Waals surface area contributed by atoms with Crippen molar-refractivity contribution in [3.63, 3.8) is 0 Å². The second-order valence-corrected chi connectivity index (χ2v) is 11.2. The summed E-state index contributed by atoms with van der Waals surface area (Å²) in [5.74, 6) is 0.980. The monoisotopic (exact) mass is 502 g/mol. The van der Waals surface area contributed by atoms with Crippen molar-refractivity contribution < 1.29 is 0 Å². The smallest absolute Gasteiger partial charge is 0.186 e. The number of thiazole rings is 1. The molecular weight excluding hydrogens is 468 g/mol. The van der Waals surface area contributed by atoms with Gasteiger partial charge in [-0.3, -0.25) is 4.90 Å². The molecule has 2 fully saturated rings. The number of anilines is 2. The molecule has 2 aromatic heterocycles. The molecule has 2 aliphatic rings. The van der Waals surface area contributed by atoms with Crippen LogP contribution in [0.5, 0.6) is 0 Å². The van der Waals surface area contributed by atoms with Gasteiger partial charge >= 0.3 is 0 Å². The highest BCUT2D eigenvalue weighted by molar-refractivity contribution is 7.22. The topological polar surface area (TPSA) is 66.2 Å². The van der Waals surface area contributed by atoms with E-state index in [1.54, 1.807) is 11.3 Å². The quantitative estimate of drug-likeness (QED) is 0.376. The third kappa shape index (κ3) is 4.57. The van der Waals surface area contributed by atoms with Crippen molar-refractivity contribution in [1.29, 1.82) is 0 Å². The van der Waals surface area contributed by atoms with Crippen LogP contribution in [-0.2, 0) is 0 Å². The maximum absolute atomic E-state index is 4.90. The minimum absolute atomic E-state index is 0.0376. The molecule has 1 unspecified atom stereocenters. The number of hydrogen-bond acceptors (Lipinski definition) is 8. The molecule has 6 rings (SSSR count). The van der Waals surface area contributed by atoms with Gasteiger partial charge < -0.3 is 9.80 Å². The van der Waals surface area contributed by atoms with Crippen LogP contribution >= 0.6 is 11.3 Å². The Labute approximate surface area is 216 Å². The van der Waals surface area contributed by atoms with E-state index in [-0.39, 0.29) is 6.04 Å². The van der Waals surface area contributed by atoms with E-state index in [2.05, 4.69) is 97.5 Å². The van der Waals surface area contributed by atoms with Crippen molar-refractivity contribution in [2.75, 3.05) is 50.1 Å². The van der Waals surface area contributed by atoms with Crippen LogP contribution in [0, 0.1) is 0 Å². The summed E-state index contributed by atoms with van der Waals surface area (Å²) in [6.45, 7) is 3.76. The summed E-state index contributed by atoms with van der Waals surface area (Å²) in [5, 5.41) is 14.4. The summed E-state index contributed by atoms with van der Waals surface area (Å²) in [6.07, 6.45) is 6.16. The molecule has 0 N–H and O–H groups in total. The van der Waals surface area contributed by atoms with E-state index in [1.807, 2.05) is 0 Å². The zero-order chi connectivity index (χ0) is 24.5. The van der Waals surface area contributed by atoms with Gasteiger partial charge in [-0.1, -0.05) is 54.9 Å². The maximum atomic E-state index is 4.90. The van der Waals surface area contributed by atoms with E-state index in [0.29, 0.717) is 6.04 Å². The first kappa shape index (κ1) is 23.4. The summed E-state index contributed by atoms with van der Waals surface area (Å²) in [5.41, 5.74) is 3.54. The minimum atomic E-state index is 0.0376. The highest BCUT2D eigenvalue weighted by Crippen LogP contribution is 2.35. The largest absolute Gasteiger partial charge is 0.378 e. The molecule has 1 saturated carbocycles. The SMILES string of the molecule is CN(C)c1ccc(C(c2nnnn2C2CCCCC2)N2CCN(c3nc4ccccc4s3)CC2)cc1. The Bertz CT molecular complexity index is 1250. The number of hydrogen-bond donors (Lipinski definition) is 0. The van der Waals surface area contributed by atoms with Gasteiger partial charge in [-0.05, 0) is 53.1 Å². The summed E-state index contributed by atoms with van der Waals surface area (Å²) in [7, 11) is 4.16. The van der Waals surface area contributed by atoms with Crippen molar-refractivity contribution in [3.8, 4) is 0 Å². The molecule has 0 bridgehead atoms. The van der Waals surface area contributed by atoms with Crippen LogP contribution in [0.15, 0.2) is 48.5 Å². The molecule has 0 spiro atoms. The van der Waals surface area contributed by atoms with Gasteiger partial charge in [0.1, 0.15) is 0 Å². The Balaban J connectivity index is 1.28. The van der Waals surface area contributed by atoms with Crippen molar-refractivity contribution in [2.45, 2.75) is 44.2 Å². The molecule has 8 nitrogen and oxygen atoms in total. The predicted molar refractivity (Wildman–Crippen MR) is 146 cm³/mol. The number of rotatable bonds is 6. The molecule has 1 aliphatic carbocycles. The van der Waals surface area contributed by atoms with Gasteiger partial charge in [0.2, 0.25) is 0 Å². The fourth-order valence-electron chi connectivity index (χ4n) is 5.61. The van der Waals surface area contributed by atoms with Gasteiger partial charge in [0, 0.05) is 46.0 Å². The number of nitrogens with zero attached hydrogens (tertiary/aromatic N) is 8. The molecule has 9 heteroatoms. The molecule has 2 aromatic carbocycles. The van der Waals surface area contributed by atoms with Crippen LogP contribution in [0.4, 0.5) is 10.8 Å². The van der Waals surface area contributed by atoms with E-state index in [1.165, 1.54) is 35.2 Å². The summed E-state index contributed by atoms with van der Waals surface area (Å²) >= 11 is 1.79. The number of fused-ring (bicyclic) bond motifs is 1. The normalized spacial score (nSPS) is 18.6. The summed E-state index contributed by atoms with van der Waals surface area (Å²) in [4.78, 5) is 12.0. The Morgan fingerprint density at radius 1 is 0.917 bits per heavy atom. The van der Waals surface area contributed by atoms with Crippen LogP contribution < -0.4 is 9.80 Å². The second-order valence-electron chi connectivity index (χ2n) is 10.1. The Hall–Kier alpha value is -3.04. The molecule has 36 heavy (non-hydrogen) atoms. The number of benzene rings is 2. The van der Waals surface area contributed by atoms with Gasteiger partial charge in [-0.2, -0.15) is 0 Å². The van der Waals surface area contributed by atoms with E-state index < -0.39 is 0 Å². The molecular formula is C27H34N8S. The first-order valence-corrected chi connectivity index (χ1v) is 13.9. The highest BCUT2D eigenvalue weighted by Gasteiger charge is 2.33. The molecule has 4 aromatic rings. The van der Waals surface area contributed by atoms with Crippen LogP contribution in [0.3, 0.4) is 0 Å². The lowest BCUT2D eigenvalue weighted by atomic mass is 9.95. The van der Waals surface area contributed by atoms with E-state index in [9.17, 15) is 0 Å². The molecule has 0 amide bonds. The standard InChI is InChI=1S/C27H34N8S/c1-32(2)21-14-12-20(13-15-21)25(26-29-30-31-35(26)22-8-4-3-5-9-22)33-16-18-34(19-17-33)27-28-23-10-6-7-11-24(23)36-27/h6-7,10-15,22,25H,3-5,8-9,16-19H2,1-2H3. The lowest BCUT2D eigenvalue weighted by Gasteiger charge is -2.39. The molecule has 188 valence electrons. The lowest BCUT2D eigenvalue weighted by molar-refractivity contribution is 0.193. The number of tetrazole rings is 1. The zero-order valence-electron chi connectivity index (χ0n) is 21.1. The first-order valence-electron chi connectivity index (χ1n) is 13.1.